The van der Waals surface area contributed by atoms with Gasteiger partial charge in [-0.3, -0.25) is 0 Å². The number of piperidine rings is 1. The number of aryl methyl sites for hydroxylation is 1. The van der Waals surface area contributed by atoms with Gasteiger partial charge in [-0.15, -0.1) is 12.4 Å². The lowest BCUT2D eigenvalue weighted by Crippen LogP contribution is -2.40. The SMILES string of the molecule is CCNCC1CCN(S(=O)(=O)c2ccc(OC(C)C)c(C)c2)CC1.Cl. The van der Waals surface area contributed by atoms with Gasteiger partial charge in [-0.1, -0.05) is 6.92 Å². The third-order valence-electron chi connectivity index (χ3n) is 4.40. The van der Waals surface area contributed by atoms with Crippen LogP contribution in [0.4, 0.5) is 0 Å². The molecule has 25 heavy (non-hydrogen) atoms. The Hall–Kier alpha value is -0.820. The predicted molar refractivity (Wildman–Crippen MR) is 104 cm³/mol. The molecule has 0 aromatic heterocycles. The van der Waals surface area contributed by atoms with Crippen molar-refractivity contribution in [3.8, 4) is 5.75 Å². The van der Waals surface area contributed by atoms with Crippen molar-refractivity contribution in [2.75, 3.05) is 26.2 Å². The van der Waals surface area contributed by atoms with Crippen LogP contribution in [0.5, 0.6) is 5.75 Å². The number of ether oxygens (including phenoxy) is 1. The Labute approximate surface area is 158 Å². The normalized spacial score (nSPS) is 16.7. The van der Waals surface area contributed by atoms with Crippen molar-refractivity contribution in [3.63, 3.8) is 0 Å². The van der Waals surface area contributed by atoms with Gasteiger partial charge in [-0.05, 0) is 76.4 Å². The Bertz CT molecular complexity index is 642. The van der Waals surface area contributed by atoms with Gasteiger partial charge in [-0.25, -0.2) is 8.42 Å². The third-order valence-corrected chi connectivity index (χ3v) is 6.30. The molecule has 0 unspecified atom stereocenters. The van der Waals surface area contributed by atoms with E-state index in [1.165, 1.54) is 0 Å². The van der Waals surface area contributed by atoms with Crippen LogP contribution in [0.25, 0.3) is 0 Å². The van der Waals surface area contributed by atoms with Crippen molar-refractivity contribution < 1.29 is 13.2 Å². The average molecular weight is 391 g/mol. The van der Waals surface area contributed by atoms with E-state index in [1.807, 2.05) is 20.8 Å². The van der Waals surface area contributed by atoms with Crippen LogP contribution in [0.3, 0.4) is 0 Å². The van der Waals surface area contributed by atoms with Gasteiger partial charge in [-0.2, -0.15) is 4.31 Å². The summed E-state index contributed by atoms with van der Waals surface area (Å²) in [6.45, 7) is 11.0. The minimum atomic E-state index is -3.42. The topological polar surface area (TPSA) is 58.6 Å². The van der Waals surface area contributed by atoms with Crippen molar-refractivity contribution in [2.45, 2.75) is 51.5 Å². The van der Waals surface area contributed by atoms with Crippen molar-refractivity contribution >= 4 is 22.4 Å². The van der Waals surface area contributed by atoms with Crippen LogP contribution in [-0.2, 0) is 10.0 Å². The number of nitrogens with zero attached hydrogens (tertiary/aromatic N) is 1. The summed E-state index contributed by atoms with van der Waals surface area (Å²) >= 11 is 0. The lowest BCUT2D eigenvalue weighted by molar-refractivity contribution is 0.240. The van der Waals surface area contributed by atoms with Crippen molar-refractivity contribution in [1.82, 2.24) is 9.62 Å². The Morgan fingerprint density at radius 1 is 1.28 bits per heavy atom. The molecule has 0 atom stereocenters. The minimum absolute atomic E-state index is 0. The highest BCUT2D eigenvalue weighted by atomic mass is 35.5. The summed E-state index contributed by atoms with van der Waals surface area (Å²) in [4.78, 5) is 0.362. The van der Waals surface area contributed by atoms with Gasteiger partial charge in [0.05, 0.1) is 11.0 Å². The summed E-state index contributed by atoms with van der Waals surface area (Å²) in [5.74, 6) is 1.31. The fourth-order valence-corrected chi connectivity index (χ4v) is 4.58. The number of benzene rings is 1. The second-order valence-corrected chi connectivity index (χ2v) is 8.69. The molecule has 1 aromatic carbocycles. The first-order valence-electron chi connectivity index (χ1n) is 8.82. The number of rotatable bonds is 7. The van der Waals surface area contributed by atoms with Crippen molar-refractivity contribution in [1.29, 1.82) is 0 Å². The first kappa shape index (κ1) is 22.2. The molecule has 0 spiro atoms. The molecule has 0 radical (unpaired) electrons. The fraction of sp³-hybridized carbons (Fsp3) is 0.667. The molecule has 1 heterocycles. The fourth-order valence-electron chi connectivity index (χ4n) is 3.02. The summed E-state index contributed by atoms with van der Waals surface area (Å²) in [6.07, 6.45) is 1.90. The van der Waals surface area contributed by atoms with Crippen molar-refractivity contribution in [3.05, 3.63) is 23.8 Å². The first-order valence-corrected chi connectivity index (χ1v) is 10.3. The van der Waals surface area contributed by atoms with Gasteiger partial charge < -0.3 is 10.1 Å². The molecule has 1 saturated heterocycles. The first-order chi connectivity index (χ1) is 11.3. The van der Waals surface area contributed by atoms with Crippen LogP contribution < -0.4 is 10.1 Å². The van der Waals surface area contributed by atoms with Crippen LogP contribution >= 0.6 is 12.4 Å². The molecule has 0 amide bonds. The van der Waals surface area contributed by atoms with E-state index >= 15 is 0 Å². The lowest BCUT2D eigenvalue weighted by Gasteiger charge is -2.31. The largest absolute Gasteiger partial charge is 0.491 e. The summed E-state index contributed by atoms with van der Waals surface area (Å²) in [5.41, 5.74) is 0.854. The number of hydrogen-bond donors (Lipinski definition) is 1. The highest BCUT2D eigenvalue weighted by Crippen LogP contribution is 2.27. The molecule has 1 fully saturated rings. The third kappa shape index (κ3) is 5.84. The van der Waals surface area contributed by atoms with E-state index in [-0.39, 0.29) is 18.5 Å². The van der Waals surface area contributed by atoms with E-state index < -0.39 is 10.0 Å². The maximum absolute atomic E-state index is 12.9. The molecule has 0 aliphatic carbocycles. The molecule has 1 N–H and O–H groups in total. The van der Waals surface area contributed by atoms with Crippen LogP contribution in [0, 0.1) is 12.8 Å². The van der Waals surface area contributed by atoms with Gasteiger partial charge in [0.25, 0.3) is 0 Å². The predicted octanol–water partition coefficient (Wildman–Crippen LogP) is 3.21. The Morgan fingerprint density at radius 2 is 1.92 bits per heavy atom. The van der Waals surface area contributed by atoms with Crippen LogP contribution in [-0.4, -0.2) is 45.0 Å². The van der Waals surface area contributed by atoms with E-state index in [0.717, 1.165) is 37.2 Å². The second-order valence-electron chi connectivity index (χ2n) is 6.75. The maximum atomic E-state index is 12.9. The molecule has 5 nitrogen and oxygen atoms in total. The molecule has 0 saturated carbocycles. The smallest absolute Gasteiger partial charge is 0.243 e. The maximum Gasteiger partial charge on any atom is 0.243 e. The molecule has 1 aliphatic rings. The van der Waals surface area contributed by atoms with Gasteiger partial charge in [0, 0.05) is 13.1 Å². The van der Waals surface area contributed by atoms with E-state index in [4.69, 9.17) is 4.74 Å². The zero-order chi connectivity index (χ0) is 17.7. The summed E-state index contributed by atoms with van der Waals surface area (Å²) in [6, 6.07) is 5.14. The van der Waals surface area contributed by atoms with E-state index in [2.05, 4.69) is 12.2 Å². The zero-order valence-corrected chi connectivity index (χ0v) is 17.3. The standard InChI is InChI=1S/C18H30N2O3S.ClH/c1-5-19-13-16-8-10-20(11-9-16)24(21,22)17-6-7-18(15(4)12-17)23-14(2)3;/h6-7,12,14,16,19H,5,8-11,13H2,1-4H3;1H. The quantitative estimate of drug-likeness (QED) is 0.776. The molecule has 1 aliphatic heterocycles. The average Bonchev–Trinajstić information content (AvgIpc) is 2.54. The minimum Gasteiger partial charge on any atom is -0.491 e. The summed E-state index contributed by atoms with van der Waals surface area (Å²) < 4.78 is 33.0. The van der Waals surface area contributed by atoms with Gasteiger partial charge in [0.2, 0.25) is 10.0 Å². The van der Waals surface area contributed by atoms with E-state index in [9.17, 15) is 8.42 Å². The van der Waals surface area contributed by atoms with E-state index in [0.29, 0.717) is 23.9 Å². The van der Waals surface area contributed by atoms with Gasteiger partial charge in [0.1, 0.15) is 5.75 Å². The molecular formula is C18H31ClN2O3S. The Balaban J connectivity index is 0.00000312. The Kier molecular flexibility index (Phi) is 8.68. The number of halogens is 1. The van der Waals surface area contributed by atoms with Crippen molar-refractivity contribution in [2.24, 2.45) is 5.92 Å². The number of hydrogen-bond acceptors (Lipinski definition) is 4. The zero-order valence-electron chi connectivity index (χ0n) is 15.6. The molecule has 0 bridgehead atoms. The molecular weight excluding hydrogens is 360 g/mol. The Morgan fingerprint density at radius 3 is 2.44 bits per heavy atom. The lowest BCUT2D eigenvalue weighted by atomic mass is 9.98. The molecule has 7 heteroatoms. The number of sulfonamides is 1. The van der Waals surface area contributed by atoms with Crippen LogP contribution in [0.15, 0.2) is 23.1 Å². The highest BCUT2D eigenvalue weighted by molar-refractivity contribution is 7.89. The molecule has 1 aromatic rings. The monoisotopic (exact) mass is 390 g/mol. The highest BCUT2D eigenvalue weighted by Gasteiger charge is 2.29. The van der Waals surface area contributed by atoms with Crippen LogP contribution in [0.2, 0.25) is 0 Å². The summed E-state index contributed by atoms with van der Waals surface area (Å²) in [5, 5.41) is 3.35. The van der Waals surface area contributed by atoms with Gasteiger partial charge in [0.15, 0.2) is 0 Å². The molecule has 2 rings (SSSR count). The number of nitrogens with one attached hydrogen (secondary N) is 1. The summed E-state index contributed by atoms with van der Waals surface area (Å²) in [7, 11) is -3.42. The van der Waals surface area contributed by atoms with Crippen LogP contribution in [0.1, 0.15) is 39.2 Å². The van der Waals surface area contributed by atoms with E-state index in [1.54, 1.807) is 22.5 Å². The van der Waals surface area contributed by atoms with Gasteiger partial charge >= 0.3 is 0 Å². The molecule has 144 valence electrons. The second kappa shape index (κ2) is 9.76.